The number of rotatable bonds is 10. The van der Waals surface area contributed by atoms with Crippen LogP contribution in [0.2, 0.25) is 0 Å². The zero-order valence-corrected chi connectivity index (χ0v) is 17.8. The van der Waals surface area contributed by atoms with Gasteiger partial charge in [-0.2, -0.15) is 8.78 Å². The van der Waals surface area contributed by atoms with E-state index < -0.39 is 11.9 Å². The van der Waals surface area contributed by atoms with E-state index in [1.165, 1.54) is 24.9 Å². The molecule has 1 amide bonds. The molecule has 3 aromatic rings. The topological polar surface area (TPSA) is 47.6 Å². The Bertz CT molecular complexity index is 971. The third kappa shape index (κ3) is 6.72. The van der Waals surface area contributed by atoms with Gasteiger partial charge < -0.3 is 14.8 Å². The quantitative estimate of drug-likeness (QED) is 0.421. The van der Waals surface area contributed by atoms with Crippen LogP contribution in [0.4, 0.5) is 8.78 Å². The second kappa shape index (κ2) is 11.4. The lowest BCUT2D eigenvalue weighted by Crippen LogP contribution is -2.29. The molecule has 4 nitrogen and oxygen atoms in total. The van der Waals surface area contributed by atoms with Crippen LogP contribution in [0, 0.1) is 0 Å². The van der Waals surface area contributed by atoms with Crippen molar-refractivity contribution in [3.63, 3.8) is 0 Å². The molecule has 7 heteroatoms. The van der Waals surface area contributed by atoms with E-state index in [2.05, 4.69) is 10.1 Å². The van der Waals surface area contributed by atoms with Crippen LogP contribution in [0.1, 0.15) is 16.4 Å². The molecule has 0 fully saturated rings. The van der Waals surface area contributed by atoms with E-state index in [1.807, 2.05) is 60.7 Å². The number of amides is 1. The summed E-state index contributed by atoms with van der Waals surface area (Å²) in [5.74, 6) is 0.0947. The summed E-state index contributed by atoms with van der Waals surface area (Å²) in [6.07, 6.45) is 0.465. The molecule has 0 aliphatic rings. The van der Waals surface area contributed by atoms with Crippen LogP contribution in [0.25, 0.3) is 0 Å². The Morgan fingerprint density at radius 2 is 1.65 bits per heavy atom. The smallest absolute Gasteiger partial charge is 0.387 e. The van der Waals surface area contributed by atoms with Crippen LogP contribution >= 0.6 is 11.8 Å². The zero-order valence-electron chi connectivity index (χ0n) is 17.0. The average Bonchev–Trinajstić information content (AvgIpc) is 2.78. The predicted molar refractivity (Wildman–Crippen MR) is 118 cm³/mol. The van der Waals surface area contributed by atoms with Crippen molar-refractivity contribution < 1.29 is 23.0 Å². The molecule has 1 unspecified atom stereocenters. The monoisotopic (exact) mass is 443 g/mol. The molecule has 0 radical (unpaired) electrons. The molecular weight excluding hydrogens is 420 g/mol. The number of nitrogens with one attached hydrogen (secondary N) is 1. The van der Waals surface area contributed by atoms with E-state index in [9.17, 15) is 13.6 Å². The molecule has 0 heterocycles. The van der Waals surface area contributed by atoms with Crippen LogP contribution in [0.3, 0.4) is 0 Å². The lowest BCUT2D eigenvalue weighted by Gasteiger charge is -2.17. The molecule has 3 aromatic carbocycles. The summed E-state index contributed by atoms with van der Waals surface area (Å²) in [7, 11) is 1.39. The average molecular weight is 444 g/mol. The van der Waals surface area contributed by atoms with Crippen molar-refractivity contribution in [3.8, 4) is 11.5 Å². The highest BCUT2D eigenvalue weighted by Crippen LogP contribution is 2.35. The van der Waals surface area contributed by atoms with Crippen molar-refractivity contribution in [1.82, 2.24) is 5.32 Å². The number of hydrogen-bond donors (Lipinski definition) is 1. The van der Waals surface area contributed by atoms with Crippen LogP contribution < -0.4 is 14.8 Å². The van der Waals surface area contributed by atoms with Gasteiger partial charge in [-0.15, -0.1) is 11.8 Å². The Labute approximate surface area is 184 Å². The zero-order chi connectivity index (χ0) is 22.1. The van der Waals surface area contributed by atoms with Crippen molar-refractivity contribution >= 4 is 17.7 Å². The van der Waals surface area contributed by atoms with Crippen molar-refractivity contribution in [3.05, 3.63) is 90.0 Å². The predicted octanol–water partition coefficient (Wildman–Crippen LogP) is 5.49. The molecule has 0 aromatic heterocycles. The van der Waals surface area contributed by atoms with Gasteiger partial charge in [0.15, 0.2) is 11.5 Å². The standard InChI is InChI=1S/C24H23F2NO3S/c1-29-20-13-12-17(16-21(20)30-24(25)26)14-15-27-23(28)22(18-8-4-2-5-9-18)31-19-10-6-3-7-11-19/h2-13,16,22,24H,14-15H2,1H3,(H,27,28). The van der Waals surface area contributed by atoms with Gasteiger partial charge in [0, 0.05) is 11.4 Å². The first kappa shape index (κ1) is 22.6. The molecule has 162 valence electrons. The summed E-state index contributed by atoms with van der Waals surface area (Å²) in [5.41, 5.74) is 1.66. The SMILES string of the molecule is COc1ccc(CCNC(=O)C(Sc2ccccc2)c2ccccc2)cc1OC(F)F. The number of benzene rings is 3. The highest BCUT2D eigenvalue weighted by atomic mass is 32.2. The van der Waals surface area contributed by atoms with Crippen LogP contribution in [0.5, 0.6) is 11.5 Å². The maximum absolute atomic E-state index is 13.0. The maximum atomic E-state index is 13.0. The van der Waals surface area contributed by atoms with Crippen molar-refractivity contribution in [2.75, 3.05) is 13.7 Å². The number of hydrogen-bond acceptors (Lipinski definition) is 4. The molecule has 0 saturated carbocycles. The van der Waals surface area contributed by atoms with Gasteiger partial charge in [-0.3, -0.25) is 4.79 Å². The first-order valence-corrected chi connectivity index (χ1v) is 10.6. The summed E-state index contributed by atoms with van der Waals surface area (Å²) in [6.45, 7) is -2.58. The minimum atomic E-state index is -2.94. The van der Waals surface area contributed by atoms with Gasteiger partial charge in [-0.05, 0) is 41.8 Å². The molecule has 0 aliphatic carbocycles. The number of methoxy groups -OCH3 is 1. The third-order valence-electron chi connectivity index (χ3n) is 4.49. The molecule has 0 bridgehead atoms. The van der Waals surface area contributed by atoms with Gasteiger partial charge in [-0.25, -0.2) is 0 Å². The van der Waals surface area contributed by atoms with E-state index in [4.69, 9.17) is 4.74 Å². The number of halogens is 2. The van der Waals surface area contributed by atoms with E-state index in [0.29, 0.717) is 13.0 Å². The van der Waals surface area contributed by atoms with Crippen LogP contribution in [-0.2, 0) is 11.2 Å². The van der Waals surface area contributed by atoms with Gasteiger partial charge >= 0.3 is 6.61 Å². The van der Waals surface area contributed by atoms with E-state index in [0.717, 1.165) is 16.0 Å². The molecule has 1 atom stereocenters. The Kier molecular flexibility index (Phi) is 8.29. The Morgan fingerprint density at radius 3 is 2.29 bits per heavy atom. The number of ether oxygens (including phenoxy) is 2. The van der Waals surface area contributed by atoms with Crippen molar-refractivity contribution in [2.24, 2.45) is 0 Å². The summed E-state index contributed by atoms with van der Waals surface area (Å²) in [4.78, 5) is 14.0. The molecule has 0 saturated heterocycles. The number of thioether (sulfide) groups is 1. The molecule has 0 aliphatic heterocycles. The number of carbonyl (C=O) groups is 1. The Morgan fingerprint density at radius 1 is 0.968 bits per heavy atom. The largest absolute Gasteiger partial charge is 0.493 e. The maximum Gasteiger partial charge on any atom is 0.387 e. The molecule has 0 spiro atoms. The summed E-state index contributed by atoms with van der Waals surface area (Å²) in [6, 6.07) is 24.2. The summed E-state index contributed by atoms with van der Waals surface area (Å²) >= 11 is 1.48. The molecular formula is C24H23F2NO3S. The highest BCUT2D eigenvalue weighted by Gasteiger charge is 2.21. The fraction of sp³-hybridized carbons (Fsp3) is 0.208. The lowest BCUT2D eigenvalue weighted by atomic mass is 10.1. The fourth-order valence-electron chi connectivity index (χ4n) is 3.02. The normalized spacial score (nSPS) is 11.7. The van der Waals surface area contributed by atoms with Crippen molar-refractivity contribution in [1.29, 1.82) is 0 Å². The van der Waals surface area contributed by atoms with Crippen LogP contribution in [0.15, 0.2) is 83.8 Å². The molecule has 31 heavy (non-hydrogen) atoms. The van der Waals surface area contributed by atoms with Gasteiger partial charge in [0.2, 0.25) is 5.91 Å². The lowest BCUT2D eigenvalue weighted by molar-refractivity contribution is -0.120. The van der Waals surface area contributed by atoms with Gasteiger partial charge in [0.1, 0.15) is 5.25 Å². The van der Waals surface area contributed by atoms with E-state index in [1.54, 1.807) is 12.1 Å². The molecule has 3 rings (SSSR count). The third-order valence-corrected chi connectivity index (χ3v) is 5.76. The second-order valence-electron chi connectivity index (χ2n) is 6.63. The fourth-order valence-corrected chi connectivity index (χ4v) is 4.09. The van der Waals surface area contributed by atoms with Gasteiger partial charge in [0.25, 0.3) is 0 Å². The van der Waals surface area contributed by atoms with E-state index in [-0.39, 0.29) is 17.4 Å². The minimum absolute atomic E-state index is 0.0249. The summed E-state index contributed by atoms with van der Waals surface area (Å²) < 4.78 is 34.8. The highest BCUT2D eigenvalue weighted by molar-refractivity contribution is 8.00. The Balaban J connectivity index is 1.66. The summed E-state index contributed by atoms with van der Waals surface area (Å²) in [5, 5.41) is 2.55. The van der Waals surface area contributed by atoms with Gasteiger partial charge in [0.05, 0.1) is 7.11 Å². The van der Waals surface area contributed by atoms with Crippen molar-refractivity contribution in [2.45, 2.75) is 23.2 Å². The van der Waals surface area contributed by atoms with Gasteiger partial charge in [-0.1, -0.05) is 54.6 Å². The number of carbonyl (C=O) groups excluding carboxylic acids is 1. The Hall–Kier alpha value is -3.06. The van der Waals surface area contributed by atoms with E-state index >= 15 is 0 Å². The second-order valence-corrected chi connectivity index (χ2v) is 7.80. The number of alkyl halides is 2. The first-order valence-electron chi connectivity index (χ1n) is 9.73. The van der Waals surface area contributed by atoms with Crippen LogP contribution in [-0.4, -0.2) is 26.2 Å². The molecule has 1 N–H and O–H groups in total. The minimum Gasteiger partial charge on any atom is -0.493 e. The first-order chi connectivity index (χ1) is 15.1.